The fraction of sp³-hybridized carbons (Fsp3) is 0.391. The van der Waals surface area contributed by atoms with Crippen molar-refractivity contribution in [3.63, 3.8) is 0 Å². The van der Waals surface area contributed by atoms with Crippen LogP contribution in [0.25, 0.3) is 16.6 Å². The molecule has 0 saturated heterocycles. The summed E-state index contributed by atoms with van der Waals surface area (Å²) in [6.07, 6.45) is -1.60. The molecule has 9 heteroatoms. The number of nitrogens with zero attached hydrogens (tertiary/aromatic N) is 2. The summed E-state index contributed by atoms with van der Waals surface area (Å²) in [7, 11) is 0. The number of benzene rings is 1. The van der Waals surface area contributed by atoms with Crippen molar-refractivity contribution in [3.05, 3.63) is 59.4 Å². The number of halogens is 5. The molecule has 174 valence electrons. The van der Waals surface area contributed by atoms with E-state index in [0.717, 1.165) is 30.7 Å². The van der Waals surface area contributed by atoms with E-state index in [0.29, 0.717) is 18.2 Å². The van der Waals surface area contributed by atoms with Crippen LogP contribution in [0, 0.1) is 18.6 Å². The van der Waals surface area contributed by atoms with Gasteiger partial charge in [0.2, 0.25) is 0 Å². The van der Waals surface area contributed by atoms with Crippen molar-refractivity contribution in [1.29, 1.82) is 0 Å². The van der Waals surface area contributed by atoms with Gasteiger partial charge < -0.3 is 5.11 Å². The molecule has 0 aliphatic rings. The molecule has 0 amide bonds. The Balaban J connectivity index is 0.000000309. The maximum atomic E-state index is 13.4. The Labute approximate surface area is 182 Å². The summed E-state index contributed by atoms with van der Waals surface area (Å²) < 4.78 is 66.5. The number of hydrogen-bond donors (Lipinski definition) is 1. The monoisotopic (exact) mass is 456 g/mol. The van der Waals surface area contributed by atoms with Crippen LogP contribution in [0.15, 0.2) is 36.5 Å². The van der Waals surface area contributed by atoms with Gasteiger partial charge in [0.1, 0.15) is 17.4 Å². The van der Waals surface area contributed by atoms with Gasteiger partial charge in [-0.25, -0.2) is 13.3 Å². The van der Waals surface area contributed by atoms with E-state index in [2.05, 4.69) is 5.10 Å². The topological polar surface area (TPSA) is 54.6 Å². The van der Waals surface area contributed by atoms with Crippen molar-refractivity contribution in [2.75, 3.05) is 0 Å². The normalized spacial score (nSPS) is 11.9. The number of fused-ring (bicyclic) bond motifs is 1. The van der Waals surface area contributed by atoms with Gasteiger partial charge in [-0.15, -0.1) is 0 Å². The maximum Gasteiger partial charge on any atom is 0.416 e. The first-order valence-electron chi connectivity index (χ1n) is 9.98. The number of carbonyl (C=O) groups excluding carboxylic acids is 1. The van der Waals surface area contributed by atoms with E-state index in [4.69, 9.17) is 0 Å². The van der Waals surface area contributed by atoms with Gasteiger partial charge in [0.15, 0.2) is 0 Å². The van der Waals surface area contributed by atoms with Gasteiger partial charge in [0.05, 0.1) is 22.4 Å². The smallest absolute Gasteiger partial charge is 0.390 e. The molecule has 0 aliphatic heterocycles. The molecule has 1 N–H and O–H groups in total. The third-order valence-electron chi connectivity index (χ3n) is 4.45. The van der Waals surface area contributed by atoms with Crippen LogP contribution in [0.5, 0.6) is 0 Å². The number of pyridine rings is 1. The molecular weight excluding hydrogens is 431 g/mol. The Morgan fingerprint density at radius 3 is 2.19 bits per heavy atom. The van der Waals surface area contributed by atoms with Crippen molar-refractivity contribution in [1.82, 2.24) is 9.61 Å². The van der Waals surface area contributed by atoms with Gasteiger partial charge in [0, 0.05) is 30.7 Å². The first kappa shape index (κ1) is 25.5. The van der Waals surface area contributed by atoms with Crippen molar-refractivity contribution in [2.45, 2.75) is 58.7 Å². The molecule has 0 fully saturated rings. The second-order valence-electron chi connectivity index (χ2n) is 8.14. The molecule has 32 heavy (non-hydrogen) atoms. The Hall–Kier alpha value is -2.81. The largest absolute Gasteiger partial charge is 0.416 e. The lowest BCUT2D eigenvalue weighted by Crippen LogP contribution is -2.22. The van der Waals surface area contributed by atoms with Gasteiger partial charge in [-0.1, -0.05) is 6.92 Å². The van der Waals surface area contributed by atoms with Gasteiger partial charge in [0.25, 0.3) is 0 Å². The highest BCUT2D eigenvalue weighted by atomic mass is 19.4. The van der Waals surface area contributed by atoms with Gasteiger partial charge in [-0.3, -0.25) is 4.79 Å². The fourth-order valence-electron chi connectivity index (χ4n) is 3.24. The number of hydrogen-bond acceptors (Lipinski definition) is 3. The standard InChI is InChI=1S/C15H9F5N2.C8H16O2/c1-8-14(9-4-11(16)7-12(17)5-9)13-6-10(15(18,19)20)2-3-22(13)21-8;1-4-5-7(9)6-8(2,3)10/h2-7H,1H3;10H,4-6H2,1-3H3. The van der Waals surface area contributed by atoms with E-state index < -0.39 is 29.0 Å². The number of alkyl halides is 3. The summed E-state index contributed by atoms with van der Waals surface area (Å²) in [5.74, 6) is -1.46. The Kier molecular flexibility index (Phi) is 7.77. The van der Waals surface area contributed by atoms with Crippen LogP contribution in [-0.2, 0) is 11.0 Å². The summed E-state index contributed by atoms with van der Waals surface area (Å²) >= 11 is 0. The highest BCUT2D eigenvalue weighted by Gasteiger charge is 2.31. The van der Waals surface area contributed by atoms with Crippen LogP contribution in [0.1, 0.15) is 51.3 Å². The Morgan fingerprint density at radius 2 is 1.69 bits per heavy atom. The predicted molar refractivity (Wildman–Crippen MR) is 111 cm³/mol. The van der Waals surface area contributed by atoms with E-state index in [-0.39, 0.29) is 28.8 Å². The summed E-state index contributed by atoms with van der Waals surface area (Å²) in [5.41, 5.74) is -0.750. The van der Waals surface area contributed by atoms with Crippen molar-refractivity contribution < 1.29 is 31.9 Å². The van der Waals surface area contributed by atoms with E-state index in [9.17, 15) is 31.9 Å². The minimum atomic E-state index is -4.51. The molecule has 2 heterocycles. The number of carbonyl (C=O) groups is 1. The molecule has 0 spiro atoms. The second kappa shape index (κ2) is 9.77. The van der Waals surface area contributed by atoms with Gasteiger partial charge in [-0.2, -0.15) is 18.3 Å². The lowest BCUT2D eigenvalue weighted by Gasteiger charge is -2.14. The molecule has 1 aromatic carbocycles. The zero-order valence-corrected chi connectivity index (χ0v) is 18.2. The highest BCUT2D eigenvalue weighted by Crippen LogP contribution is 2.34. The zero-order chi connectivity index (χ0) is 24.3. The number of ketones is 1. The van der Waals surface area contributed by atoms with E-state index in [1.54, 1.807) is 20.8 Å². The van der Waals surface area contributed by atoms with Crippen LogP contribution < -0.4 is 0 Å². The lowest BCUT2D eigenvalue weighted by atomic mass is 10.00. The summed E-state index contributed by atoms with van der Waals surface area (Å²) in [6.45, 7) is 6.84. The van der Waals surface area contributed by atoms with Crippen LogP contribution in [0.2, 0.25) is 0 Å². The molecule has 0 aliphatic carbocycles. The summed E-state index contributed by atoms with van der Waals surface area (Å²) in [5, 5.41) is 13.3. The average molecular weight is 456 g/mol. The van der Waals surface area contributed by atoms with Crippen LogP contribution in [-0.4, -0.2) is 26.1 Å². The first-order valence-corrected chi connectivity index (χ1v) is 9.98. The van der Waals surface area contributed by atoms with Gasteiger partial charge >= 0.3 is 6.18 Å². The molecule has 0 bridgehead atoms. The molecular formula is C23H25F5N2O2. The van der Waals surface area contributed by atoms with Crippen molar-refractivity contribution in [2.24, 2.45) is 0 Å². The molecule has 2 aromatic heterocycles. The molecule has 3 rings (SSSR count). The van der Waals surface area contributed by atoms with E-state index in [1.165, 1.54) is 10.7 Å². The predicted octanol–water partition coefficient (Wildman–Crippen LogP) is 6.12. The summed E-state index contributed by atoms with van der Waals surface area (Å²) in [6, 6.07) is 4.64. The molecule has 0 saturated carbocycles. The molecule has 0 radical (unpaired) electrons. The first-order chi connectivity index (χ1) is 14.7. The number of aromatic nitrogens is 2. The van der Waals surface area contributed by atoms with E-state index >= 15 is 0 Å². The van der Waals surface area contributed by atoms with Gasteiger partial charge in [-0.05, 0) is 57.0 Å². The maximum absolute atomic E-state index is 13.4. The molecule has 3 aromatic rings. The zero-order valence-electron chi connectivity index (χ0n) is 18.2. The third kappa shape index (κ3) is 6.85. The number of aryl methyl sites for hydroxylation is 1. The molecule has 0 atom stereocenters. The van der Waals surface area contributed by atoms with Crippen LogP contribution in [0.4, 0.5) is 22.0 Å². The molecule has 0 unspecified atom stereocenters. The molecule has 4 nitrogen and oxygen atoms in total. The SMILES string of the molecule is CCCC(=O)CC(C)(C)O.Cc1nn2ccc(C(F)(F)F)cc2c1-c1cc(F)cc(F)c1. The summed E-state index contributed by atoms with van der Waals surface area (Å²) in [4.78, 5) is 10.9. The third-order valence-corrected chi connectivity index (χ3v) is 4.45. The quantitative estimate of drug-likeness (QED) is 0.471. The minimum Gasteiger partial charge on any atom is -0.390 e. The number of Topliss-reactive ketones (excluding diaryl/α,β-unsaturated/α-hetero) is 1. The van der Waals surface area contributed by atoms with Crippen molar-refractivity contribution in [3.8, 4) is 11.1 Å². The highest BCUT2D eigenvalue weighted by molar-refractivity contribution is 5.83. The van der Waals surface area contributed by atoms with E-state index in [1.807, 2.05) is 6.92 Å². The average Bonchev–Trinajstić information content (AvgIpc) is 2.94. The Morgan fingerprint density at radius 1 is 1.09 bits per heavy atom. The number of aliphatic hydroxyl groups is 1. The fourth-order valence-corrected chi connectivity index (χ4v) is 3.24. The van der Waals surface area contributed by atoms with Crippen molar-refractivity contribution >= 4 is 11.3 Å². The van der Waals surface area contributed by atoms with Crippen LogP contribution >= 0.6 is 0 Å². The second-order valence-corrected chi connectivity index (χ2v) is 8.14. The number of rotatable bonds is 5. The lowest BCUT2D eigenvalue weighted by molar-refractivity contribution is -0.137. The minimum absolute atomic E-state index is 0.136. The van der Waals surface area contributed by atoms with Crippen LogP contribution in [0.3, 0.4) is 0 Å². The Bertz CT molecular complexity index is 1080.